The van der Waals surface area contributed by atoms with E-state index in [1.807, 2.05) is 0 Å². The zero-order chi connectivity index (χ0) is 13.4. The molecule has 0 unspecified atom stereocenters. The molecular weight excluding hydrogens is 244 g/mol. The summed E-state index contributed by atoms with van der Waals surface area (Å²) < 4.78 is 1.59. The number of hydrogen-bond acceptors (Lipinski definition) is 4. The van der Waals surface area contributed by atoms with Gasteiger partial charge >= 0.3 is 0 Å². The van der Waals surface area contributed by atoms with Crippen molar-refractivity contribution in [3.8, 4) is 0 Å². The molecule has 1 aliphatic rings. The minimum absolute atomic E-state index is 0.239. The van der Waals surface area contributed by atoms with E-state index in [4.69, 9.17) is 0 Å². The minimum Gasteiger partial charge on any atom is -0.274 e. The van der Waals surface area contributed by atoms with Gasteiger partial charge in [-0.1, -0.05) is 12.1 Å². The van der Waals surface area contributed by atoms with E-state index in [-0.39, 0.29) is 11.8 Å². The fourth-order valence-electron chi connectivity index (χ4n) is 2.15. The summed E-state index contributed by atoms with van der Waals surface area (Å²) in [6.45, 7) is 0.302. The van der Waals surface area contributed by atoms with Gasteiger partial charge in [0.15, 0.2) is 5.82 Å². The molecule has 1 aromatic carbocycles. The molecule has 0 aliphatic carbocycles. The molecule has 0 bridgehead atoms. The third-order valence-electron chi connectivity index (χ3n) is 3.08. The summed E-state index contributed by atoms with van der Waals surface area (Å²) in [4.78, 5) is 29.5. The van der Waals surface area contributed by atoms with Crippen molar-refractivity contribution in [3.05, 3.63) is 47.5 Å². The number of nitrogens with zero attached hydrogens (tertiary/aromatic N) is 4. The molecule has 1 aliphatic heterocycles. The fourth-order valence-corrected chi connectivity index (χ4v) is 2.15. The van der Waals surface area contributed by atoms with Gasteiger partial charge in [-0.05, 0) is 12.1 Å². The van der Waals surface area contributed by atoms with Crippen LogP contribution in [0.5, 0.6) is 0 Å². The van der Waals surface area contributed by atoms with Gasteiger partial charge in [0.05, 0.1) is 11.1 Å². The number of carbonyl (C=O) groups is 2. The number of benzene rings is 1. The van der Waals surface area contributed by atoms with Gasteiger partial charge in [-0.3, -0.25) is 19.2 Å². The van der Waals surface area contributed by atoms with Crippen LogP contribution in [0.1, 0.15) is 26.5 Å². The van der Waals surface area contributed by atoms with E-state index in [0.29, 0.717) is 29.9 Å². The lowest BCUT2D eigenvalue weighted by molar-refractivity contribution is 0.0655. The van der Waals surface area contributed by atoms with Crippen molar-refractivity contribution >= 4 is 11.8 Å². The highest BCUT2D eigenvalue weighted by Gasteiger charge is 2.34. The summed E-state index contributed by atoms with van der Waals surface area (Å²) in [7, 11) is 1.78. The number of imide groups is 1. The van der Waals surface area contributed by atoms with Gasteiger partial charge in [0.1, 0.15) is 6.33 Å². The highest BCUT2D eigenvalue weighted by molar-refractivity contribution is 6.21. The monoisotopic (exact) mass is 256 g/mol. The molecule has 0 atom stereocenters. The number of aromatic nitrogens is 3. The van der Waals surface area contributed by atoms with Crippen LogP contribution in [-0.4, -0.2) is 38.0 Å². The van der Waals surface area contributed by atoms with Gasteiger partial charge < -0.3 is 0 Å². The highest BCUT2D eigenvalue weighted by Crippen LogP contribution is 2.22. The molecule has 0 spiro atoms. The first kappa shape index (κ1) is 11.6. The number of hydrogen-bond donors (Lipinski definition) is 0. The molecule has 0 N–H and O–H groups in total. The largest absolute Gasteiger partial charge is 0.274 e. The quantitative estimate of drug-likeness (QED) is 0.756. The average Bonchev–Trinajstić information content (AvgIpc) is 2.93. The Bertz CT molecular complexity index is 627. The molecule has 19 heavy (non-hydrogen) atoms. The summed E-state index contributed by atoms with van der Waals surface area (Å²) in [5, 5.41) is 4.13. The number of amides is 2. The second kappa shape index (κ2) is 4.31. The van der Waals surface area contributed by atoms with Crippen LogP contribution in [0.15, 0.2) is 30.6 Å². The Hall–Kier alpha value is -2.50. The standard InChI is InChI=1S/C13H12N4O2/c1-16-8-14-11(15-16)6-7-17-12(18)9-4-2-3-5-10(9)13(17)19/h2-5,8H,6-7H2,1H3. The Morgan fingerprint density at radius 2 is 1.74 bits per heavy atom. The predicted octanol–water partition coefficient (Wildman–Crippen LogP) is 0.654. The van der Waals surface area contributed by atoms with Crippen LogP contribution in [0, 0.1) is 0 Å². The van der Waals surface area contributed by atoms with Crippen LogP contribution in [0.4, 0.5) is 0 Å². The molecular formula is C13H12N4O2. The summed E-state index contributed by atoms with van der Waals surface area (Å²) >= 11 is 0. The molecule has 1 aromatic heterocycles. The third-order valence-corrected chi connectivity index (χ3v) is 3.08. The van der Waals surface area contributed by atoms with Gasteiger partial charge in [-0.25, -0.2) is 4.98 Å². The molecule has 6 heteroatoms. The van der Waals surface area contributed by atoms with E-state index in [1.54, 1.807) is 42.3 Å². The fraction of sp³-hybridized carbons (Fsp3) is 0.231. The molecule has 6 nitrogen and oxygen atoms in total. The molecule has 0 fully saturated rings. The van der Waals surface area contributed by atoms with Crippen LogP contribution in [0.25, 0.3) is 0 Å². The number of rotatable bonds is 3. The van der Waals surface area contributed by atoms with Crippen molar-refractivity contribution < 1.29 is 9.59 Å². The van der Waals surface area contributed by atoms with Crippen molar-refractivity contribution in [2.24, 2.45) is 7.05 Å². The maximum absolute atomic E-state index is 12.1. The topological polar surface area (TPSA) is 68.1 Å². The number of fused-ring (bicyclic) bond motifs is 1. The highest BCUT2D eigenvalue weighted by atomic mass is 16.2. The van der Waals surface area contributed by atoms with Crippen LogP contribution in [0.3, 0.4) is 0 Å². The molecule has 2 heterocycles. The van der Waals surface area contributed by atoms with Crippen molar-refractivity contribution in [1.82, 2.24) is 19.7 Å². The van der Waals surface area contributed by atoms with Gasteiger partial charge in [0, 0.05) is 20.0 Å². The zero-order valence-corrected chi connectivity index (χ0v) is 10.4. The van der Waals surface area contributed by atoms with E-state index < -0.39 is 0 Å². The maximum Gasteiger partial charge on any atom is 0.261 e. The van der Waals surface area contributed by atoms with Crippen molar-refractivity contribution in [3.63, 3.8) is 0 Å². The summed E-state index contributed by atoms with van der Waals surface area (Å²) in [6, 6.07) is 6.87. The van der Waals surface area contributed by atoms with Crippen molar-refractivity contribution in [2.75, 3.05) is 6.54 Å². The van der Waals surface area contributed by atoms with Crippen LogP contribution < -0.4 is 0 Å². The lowest BCUT2D eigenvalue weighted by Crippen LogP contribution is -2.32. The predicted molar refractivity (Wildman–Crippen MR) is 66.5 cm³/mol. The SMILES string of the molecule is Cn1cnc(CCN2C(=O)c3ccccc3C2=O)n1. The van der Waals surface area contributed by atoms with E-state index >= 15 is 0 Å². The maximum atomic E-state index is 12.1. The smallest absolute Gasteiger partial charge is 0.261 e. The lowest BCUT2D eigenvalue weighted by atomic mass is 10.1. The number of aryl methyl sites for hydroxylation is 1. The molecule has 3 rings (SSSR count). The Morgan fingerprint density at radius 1 is 1.11 bits per heavy atom. The normalized spacial score (nSPS) is 14.1. The molecule has 96 valence electrons. The average molecular weight is 256 g/mol. The van der Waals surface area contributed by atoms with Gasteiger partial charge in [0.2, 0.25) is 0 Å². The van der Waals surface area contributed by atoms with Gasteiger partial charge in [0.25, 0.3) is 11.8 Å². The van der Waals surface area contributed by atoms with Gasteiger partial charge in [-0.2, -0.15) is 5.10 Å². The van der Waals surface area contributed by atoms with Crippen molar-refractivity contribution in [1.29, 1.82) is 0 Å². The first-order valence-corrected chi connectivity index (χ1v) is 5.96. The molecule has 0 saturated carbocycles. The van der Waals surface area contributed by atoms with E-state index in [9.17, 15) is 9.59 Å². The second-order valence-corrected chi connectivity index (χ2v) is 4.39. The van der Waals surface area contributed by atoms with Crippen LogP contribution >= 0.6 is 0 Å². The Morgan fingerprint density at radius 3 is 2.26 bits per heavy atom. The van der Waals surface area contributed by atoms with E-state index in [0.717, 1.165) is 0 Å². The lowest BCUT2D eigenvalue weighted by Gasteiger charge is -2.11. The Kier molecular flexibility index (Phi) is 2.63. The van der Waals surface area contributed by atoms with E-state index in [2.05, 4.69) is 10.1 Å². The summed E-state index contributed by atoms with van der Waals surface area (Å²) in [5.41, 5.74) is 0.947. The second-order valence-electron chi connectivity index (χ2n) is 4.39. The summed E-state index contributed by atoms with van der Waals surface area (Å²) in [6.07, 6.45) is 2.06. The van der Waals surface area contributed by atoms with Crippen molar-refractivity contribution in [2.45, 2.75) is 6.42 Å². The van der Waals surface area contributed by atoms with Crippen LogP contribution in [0.2, 0.25) is 0 Å². The first-order chi connectivity index (χ1) is 9.16. The third kappa shape index (κ3) is 1.91. The van der Waals surface area contributed by atoms with Gasteiger partial charge in [-0.15, -0.1) is 0 Å². The molecule has 2 aromatic rings. The molecule has 2 amide bonds. The summed E-state index contributed by atoms with van der Waals surface area (Å²) in [5.74, 6) is 0.145. The molecule has 0 saturated heterocycles. The Balaban J connectivity index is 1.77. The number of carbonyl (C=O) groups excluding carboxylic acids is 2. The zero-order valence-electron chi connectivity index (χ0n) is 10.4. The molecule has 0 radical (unpaired) electrons. The van der Waals surface area contributed by atoms with Crippen LogP contribution in [-0.2, 0) is 13.5 Å². The minimum atomic E-state index is -0.239. The Labute approximate surface area is 109 Å². The van der Waals surface area contributed by atoms with E-state index in [1.165, 1.54) is 4.90 Å². The first-order valence-electron chi connectivity index (χ1n) is 5.96.